The molecule has 1 aromatic rings. The van der Waals surface area contributed by atoms with Crippen LogP contribution in [-0.4, -0.2) is 28.6 Å². The molecule has 2 N–H and O–H groups in total. The lowest BCUT2D eigenvalue weighted by Gasteiger charge is -2.04. The van der Waals surface area contributed by atoms with Gasteiger partial charge in [0.1, 0.15) is 5.75 Å². The molecule has 5 heteroatoms. The van der Waals surface area contributed by atoms with Gasteiger partial charge in [-0.25, -0.2) is 4.79 Å². The minimum Gasteiger partial charge on any atom is -0.508 e. The molecule has 0 spiro atoms. The summed E-state index contributed by atoms with van der Waals surface area (Å²) in [5, 5.41) is 18.2. The maximum Gasteiger partial charge on any atom is 0.379 e. The smallest absolute Gasteiger partial charge is 0.379 e. The molecule has 0 heterocycles. The van der Waals surface area contributed by atoms with Gasteiger partial charge in [-0.3, -0.25) is 4.79 Å². The molecule has 5 nitrogen and oxygen atoms in total. The minimum absolute atomic E-state index is 0.0353. The first-order chi connectivity index (χ1) is 7.60. The number of Topliss-reactive ketones (excluding diaryl/α,β-unsaturated/α-hetero) is 1. The van der Waals surface area contributed by atoms with Gasteiger partial charge in [0, 0.05) is 11.1 Å². The predicted molar refractivity (Wildman–Crippen MR) is 55.0 cm³/mol. The second kappa shape index (κ2) is 5.27. The second-order valence-corrected chi connectivity index (χ2v) is 3.05. The number of carbonyl (C=O) groups is 2. The summed E-state index contributed by atoms with van der Waals surface area (Å²) in [4.78, 5) is 22.5. The van der Waals surface area contributed by atoms with Crippen molar-refractivity contribution in [1.82, 2.24) is 0 Å². The van der Waals surface area contributed by atoms with E-state index in [9.17, 15) is 14.7 Å². The number of hydrogen-bond donors (Lipinski definition) is 2. The highest BCUT2D eigenvalue weighted by Gasteiger charge is 2.18. The van der Waals surface area contributed by atoms with Crippen LogP contribution in [0.15, 0.2) is 18.2 Å². The number of aromatic hydroxyl groups is 1. The average Bonchev–Trinajstić information content (AvgIpc) is 2.28. The van der Waals surface area contributed by atoms with E-state index in [4.69, 9.17) is 5.11 Å². The summed E-state index contributed by atoms with van der Waals surface area (Å²) >= 11 is 0. The fraction of sp³-hybridized carbons (Fsp3) is 0.273. The highest BCUT2D eigenvalue weighted by Crippen LogP contribution is 2.19. The molecule has 0 radical (unpaired) electrons. The number of benzene rings is 1. The standard InChI is InChI=1S/C11H12O5/c1-2-16-11(15)10(14)7-3-4-8(6-12)9(13)5-7/h3-5,12-13H,2,6H2,1H3. The van der Waals surface area contributed by atoms with E-state index in [1.165, 1.54) is 12.1 Å². The van der Waals surface area contributed by atoms with Gasteiger partial charge in [-0.2, -0.15) is 0 Å². The van der Waals surface area contributed by atoms with Crippen LogP contribution in [0.2, 0.25) is 0 Å². The molecule has 0 bridgehead atoms. The third kappa shape index (κ3) is 2.58. The summed E-state index contributed by atoms with van der Waals surface area (Å²) in [5.74, 6) is -2.00. The van der Waals surface area contributed by atoms with Crippen LogP contribution in [-0.2, 0) is 16.1 Å². The number of esters is 1. The molecule has 86 valence electrons. The van der Waals surface area contributed by atoms with Crippen LogP contribution in [0.4, 0.5) is 0 Å². The Morgan fingerprint density at radius 1 is 1.38 bits per heavy atom. The van der Waals surface area contributed by atoms with Crippen molar-refractivity contribution in [2.24, 2.45) is 0 Å². The number of aliphatic hydroxyl groups excluding tert-OH is 1. The van der Waals surface area contributed by atoms with E-state index in [0.717, 1.165) is 6.07 Å². The SMILES string of the molecule is CCOC(=O)C(=O)c1ccc(CO)c(O)c1. The van der Waals surface area contributed by atoms with Crippen LogP contribution >= 0.6 is 0 Å². The molecule has 0 aliphatic heterocycles. The van der Waals surface area contributed by atoms with Gasteiger partial charge in [0.15, 0.2) is 0 Å². The summed E-state index contributed by atoms with van der Waals surface area (Å²) in [6, 6.07) is 3.86. The summed E-state index contributed by atoms with van der Waals surface area (Å²) in [7, 11) is 0. The first-order valence-corrected chi connectivity index (χ1v) is 4.74. The molecule has 0 aromatic heterocycles. The zero-order chi connectivity index (χ0) is 12.1. The monoisotopic (exact) mass is 224 g/mol. The predicted octanol–water partition coefficient (Wildman–Crippen LogP) is 0.630. The zero-order valence-electron chi connectivity index (χ0n) is 8.77. The lowest BCUT2D eigenvalue weighted by molar-refractivity contribution is -0.137. The fourth-order valence-corrected chi connectivity index (χ4v) is 1.15. The first kappa shape index (κ1) is 12.2. The van der Waals surface area contributed by atoms with Crippen molar-refractivity contribution < 1.29 is 24.5 Å². The normalized spacial score (nSPS) is 9.88. The maximum atomic E-state index is 11.4. The molecule has 0 saturated carbocycles. The molecular formula is C11H12O5. The van der Waals surface area contributed by atoms with Gasteiger partial charge >= 0.3 is 5.97 Å². The lowest BCUT2D eigenvalue weighted by Crippen LogP contribution is -2.17. The molecule has 0 aliphatic rings. The van der Waals surface area contributed by atoms with Crippen LogP contribution in [0.3, 0.4) is 0 Å². The summed E-state index contributed by atoms with van der Waals surface area (Å²) < 4.78 is 4.54. The molecule has 0 saturated heterocycles. The van der Waals surface area contributed by atoms with Crippen molar-refractivity contribution in [2.75, 3.05) is 6.61 Å². The summed E-state index contributed by atoms with van der Waals surface area (Å²) in [5.41, 5.74) is 0.327. The molecular weight excluding hydrogens is 212 g/mol. The highest BCUT2D eigenvalue weighted by atomic mass is 16.5. The van der Waals surface area contributed by atoms with E-state index in [-0.39, 0.29) is 24.5 Å². The van der Waals surface area contributed by atoms with E-state index in [1.807, 2.05) is 0 Å². The Bertz CT molecular complexity index is 411. The second-order valence-electron chi connectivity index (χ2n) is 3.05. The van der Waals surface area contributed by atoms with Crippen molar-refractivity contribution >= 4 is 11.8 Å². The molecule has 0 amide bonds. The van der Waals surface area contributed by atoms with Gasteiger partial charge in [-0.1, -0.05) is 12.1 Å². The number of ether oxygens (including phenoxy) is 1. The Balaban J connectivity index is 2.93. The minimum atomic E-state index is -0.960. The Hall–Kier alpha value is -1.88. The highest BCUT2D eigenvalue weighted by molar-refractivity contribution is 6.40. The van der Waals surface area contributed by atoms with Gasteiger partial charge in [0.05, 0.1) is 13.2 Å². The number of aliphatic hydroxyl groups is 1. The van der Waals surface area contributed by atoms with E-state index < -0.39 is 11.8 Å². The van der Waals surface area contributed by atoms with Gasteiger partial charge in [0.25, 0.3) is 5.78 Å². The molecule has 0 unspecified atom stereocenters. The van der Waals surface area contributed by atoms with Gasteiger partial charge in [-0.05, 0) is 13.0 Å². The van der Waals surface area contributed by atoms with E-state index in [2.05, 4.69) is 4.74 Å². The molecule has 0 aliphatic carbocycles. The average molecular weight is 224 g/mol. The number of phenols is 1. The van der Waals surface area contributed by atoms with Crippen LogP contribution in [0.25, 0.3) is 0 Å². The molecule has 0 atom stereocenters. The summed E-state index contributed by atoms with van der Waals surface area (Å²) in [6.07, 6.45) is 0. The zero-order valence-corrected chi connectivity index (χ0v) is 8.77. The van der Waals surface area contributed by atoms with Gasteiger partial charge in [0.2, 0.25) is 0 Å². The van der Waals surface area contributed by atoms with Crippen LogP contribution in [0, 0.1) is 0 Å². The Kier molecular flexibility index (Phi) is 4.02. The van der Waals surface area contributed by atoms with Crippen LogP contribution < -0.4 is 0 Å². The molecule has 16 heavy (non-hydrogen) atoms. The number of carbonyl (C=O) groups excluding carboxylic acids is 2. The topological polar surface area (TPSA) is 83.8 Å². The molecule has 1 aromatic carbocycles. The molecule has 0 fully saturated rings. The Labute approximate surface area is 92.3 Å². The van der Waals surface area contributed by atoms with Gasteiger partial charge < -0.3 is 14.9 Å². The number of ketones is 1. The Morgan fingerprint density at radius 2 is 2.06 bits per heavy atom. The quantitative estimate of drug-likeness (QED) is 0.445. The fourth-order valence-electron chi connectivity index (χ4n) is 1.15. The summed E-state index contributed by atoms with van der Waals surface area (Å²) in [6.45, 7) is 1.38. The van der Waals surface area contributed by atoms with Gasteiger partial charge in [-0.15, -0.1) is 0 Å². The third-order valence-corrected chi connectivity index (χ3v) is 1.98. The number of hydrogen-bond acceptors (Lipinski definition) is 5. The van der Waals surface area contributed by atoms with Crippen molar-refractivity contribution in [2.45, 2.75) is 13.5 Å². The largest absolute Gasteiger partial charge is 0.508 e. The van der Waals surface area contributed by atoms with Crippen molar-refractivity contribution in [3.05, 3.63) is 29.3 Å². The van der Waals surface area contributed by atoms with E-state index in [0.29, 0.717) is 5.56 Å². The lowest BCUT2D eigenvalue weighted by atomic mass is 10.1. The Morgan fingerprint density at radius 3 is 2.56 bits per heavy atom. The third-order valence-electron chi connectivity index (χ3n) is 1.98. The van der Waals surface area contributed by atoms with Crippen LogP contribution in [0.5, 0.6) is 5.75 Å². The van der Waals surface area contributed by atoms with Crippen molar-refractivity contribution in [1.29, 1.82) is 0 Å². The first-order valence-electron chi connectivity index (χ1n) is 4.74. The van der Waals surface area contributed by atoms with Crippen LogP contribution in [0.1, 0.15) is 22.8 Å². The van der Waals surface area contributed by atoms with E-state index in [1.54, 1.807) is 6.92 Å². The van der Waals surface area contributed by atoms with Crippen molar-refractivity contribution in [3.8, 4) is 5.75 Å². The molecule has 1 rings (SSSR count). The van der Waals surface area contributed by atoms with E-state index >= 15 is 0 Å². The van der Waals surface area contributed by atoms with Crippen molar-refractivity contribution in [3.63, 3.8) is 0 Å². The maximum absolute atomic E-state index is 11.4. The number of rotatable bonds is 4.